The minimum Gasteiger partial charge on any atom is -0.339 e. The number of pyridine rings is 1. The molecule has 24 heavy (non-hydrogen) atoms. The highest BCUT2D eigenvalue weighted by Gasteiger charge is 2.27. The van der Waals surface area contributed by atoms with Gasteiger partial charge in [-0.05, 0) is 43.7 Å². The molecule has 0 unspecified atom stereocenters. The van der Waals surface area contributed by atoms with E-state index in [1.807, 2.05) is 23.1 Å². The molecule has 1 aliphatic rings. The molecule has 3 heteroatoms. The maximum Gasteiger partial charge on any atom is 0.254 e. The molecular weight excluding hydrogens is 296 g/mol. The fourth-order valence-corrected chi connectivity index (χ4v) is 3.83. The highest BCUT2D eigenvalue weighted by Crippen LogP contribution is 2.31. The van der Waals surface area contributed by atoms with Gasteiger partial charge in [-0.3, -0.25) is 9.78 Å². The maximum atomic E-state index is 13.4. The van der Waals surface area contributed by atoms with Crippen LogP contribution in [0.25, 0.3) is 10.9 Å². The third-order valence-corrected chi connectivity index (χ3v) is 5.44. The van der Waals surface area contributed by atoms with Crippen LogP contribution in [0.1, 0.15) is 61.6 Å². The average molecular weight is 324 g/mol. The van der Waals surface area contributed by atoms with E-state index in [4.69, 9.17) is 4.98 Å². The molecule has 0 atom stereocenters. The molecule has 0 radical (unpaired) electrons. The predicted octanol–water partition coefficient (Wildman–Crippen LogP) is 4.62. The van der Waals surface area contributed by atoms with Gasteiger partial charge in [-0.15, -0.1) is 0 Å². The molecule has 3 nitrogen and oxygen atoms in total. The summed E-state index contributed by atoms with van der Waals surface area (Å²) in [4.78, 5) is 20.3. The minimum atomic E-state index is 0.196. The topological polar surface area (TPSA) is 33.2 Å². The Bertz CT molecular complexity index is 734. The number of carbonyl (C=O) groups is 1. The first-order chi connectivity index (χ1) is 11.7. The lowest BCUT2D eigenvalue weighted by molar-refractivity contribution is 0.0736. The zero-order chi connectivity index (χ0) is 17.1. The van der Waals surface area contributed by atoms with Gasteiger partial charge in [0.15, 0.2) is 0 Å². The zero-order valence-electron chi connectivity index (χ0n) is 15.1. The van der Waals surface area contributed by atoms with E-state index < -0.39 is 0 Å². The summed E-state index contributed by atoms with van der Waals surface area (Å²) in [7, 11) is 0. The average Bonchev–Trinajstić information content (AvgIpc) is 3.08. The Hall–Kier alpha value is -1.90. The first-order valence-corrected chi connectivity index (χ1v) is 9.39. The van der Waals surface area contributed by atoms with E-state index in [2.05, 4.69) is 26.8 Å². The molecule has 0 saturated carbocycles. The molecule has 1 aromatic heterocycles. The van der Waals surface area contributed by atoms with Crippen LogP contribution in [0.15, 0.2) is 24.3 Å². The van der Waals surface area contributed by atoms with Crippen LogP contribution in [-0.4, -0.2) is 28.9 Å². The van der Waals surface area contributed by atoms with Crippen LogP contribution in [0.3, 0.4) is 0 Å². The number of benzene rings is 1. The number of rotatable bonds is 6. The largest absolute Gasteiger partial charge is 0.339 e. The number of fused-ring (bicyclic) bond motifs is 2. The Balaban J connectivity index is 2.05. The number of hydrogen-bond donors (Lipinski definition) is 0. The second-order valence-corrected chi connectivity index (χ2v) is 6.81. The molecule has 1 aliphatic carbocycles. The van der Waals surface area contributed by atoms with E-state index in [9.17, 15) is 4.79 Å². The van der Waals surface area contributed by atoms with Crippen molar-refractivity contribution in [2.24, 2.45) is 5.92 Å². The predicted molar refractivity (Wildman–Crippen MR) is 99.4 cm³/mol. The van der Waals surface area contributed by atoms with E-state index in [0.717, 1.165) is 67.4 Å². The third-order valence-electron chi connectivity index (χ3n) is 5.44. The van der Waals surface area contributed by atoms with Gasteiger partial charge in [0, 0.05) is 24.2 Å². The normalized spacial score (nSPS) is 13.5. The summed E-state index contributed by atoms with van der Waals surface area (Å²) in [6.07, 6.45) is 5.33. The molecule has 0 N–H and O–H groups in total. The van der Waals surface area contributed by atoms with Crippen molar-refractivity contribution >= 4 is 16.8 Å². The fraction of sp³-hybridized carbons (Fsp3) is 0.524. The van der Waals surface area contributed by atoms with Crippen LogP contribution in [0.2, 0.25) is 0 Å². The Kier molecular flexibility index (Phi) is 5.17. The standard InChI is InChI=1S/C21H28N2O/c1-4-15(5-2)14-23(6-3)21(24)20-16-10-7-8-12-18(16)22-19-13-9-11-17(19)20/h7-8,10,12,15H,4-6,9,11,13-14H2,1-3H3. The molecule has 0 spiro atoms. The summed E-state index contributed by atoms with van der Waals surface area (Å²) in [6.45, 7) is 8.14. The molecule has 0 bridgehead atoms. The number of para-hydroxylation sites is 1. The molecule has 128 valence electrons. The molecule has 1 amide bonds. The Morgan fingerprint density at radius 1 is 1.17 bits per heavy atom. The lowest BCUT2D eigenvalue weighted by atomic mass is 9.98. The van der Waals surface area contributed by atoms with Gasteiger partial charge in [-0.25, -0.2) is 0 Å². The van der Waals surface area contributed by atoms with E-state index >= 15 is 0 Å². The van der Waals surface area contributed by atoms with Crippen LogP contribution in [0.4, 0.5) is 0 Å². The first-order valence-electron chi connectivity index (χ1n) is 9.39. The number of hydrogen-bond acceptors (Lipinski definition) is 2. The molecule has 0 fully saturated rings. The van der Waals surface area contributed by atoms with E-state index in [-0.39, 0.29) is 5.91 Å². The highest BCUT2D eigenvalue weighted by molar-refractivity contribution is 6.07. The zero-order valence-corrected chi connectivity index (χ0v) is 15.1. The maximum absolute atomic E-state index is 13.4. The summed E-state index contributed by atoms with van der Waals surface area (Å²) >= 11 is 0. The SMILES string of the molecule is CCC(CC)CN(CC)C(=O)c1c2c(nc3ccccc13)CCC2. The smallest absolute Gasteiger partial charge is 0.254 e. The quantitative estimate of drug-likeness (QED) is 0.776. The summed E-state index contributed by atoms with van der Waals surface area (Å²) in [5, 5.41) is 1.02. The minimum absolute atomic E-state index is 0.196. The van der Waals surface area contributed by atoms with E-state index in [0.29, 0.717) is 5.92 Å². The molecule has 0 saturated heterocycles. The summed E-state index contributed by atoms with van der Waals surface area (Å²) in [5.74, 6) is 0.774. The van der Waals surface area contributed by atoms with Crippen molar-refractivity contribution in [2.45, 2.75) is 52.9 Å². The van der Waals surface area contributed by atoms with Gasteiger partial charge in [-0.1, -0.05) is 44.9 Å². The lowest BCUT2D eigenvalue weighted by Crippen LogP contribution is -2.35. The summed E-state index contributed by atoms with van der Waals surface area (Å²) in [6, 6.07) is 8.10. The van der Waals surface area contributed by atoms with Gasteiger partial charge < -0.3 is 4.90 Å². The van der Waals surface area contributed by atoms with Gasteiger partial charge in [0.05, 0.1) is 11.1 Å². The number of aromatic nitrogens is 1. The van der Waals surface area contributed by atoms with Gasteiger partial charge in [-0.2, -0.15) is 0 Å². The molecule has 1 heterocycles. The second kappa shape index (κ2) is 7.33. The molecular formula is C21H28N2O. The van der Waals surface area contributed by atoms with Crippen LogP contribution < -0.4 is 0 Å². The van der Waals surface area contributed by atoms with Crippen molar-refractivity contribution in [1.82, 2.24) is 9.88 Å². The summed E-state index contributed by atoms with van der Waals surface area (Å²) < 4.78 is 0. The van der Waals surface area contributed by atoms with Gasteiger partial charge in [0.1, 0.15) is 0 Å². The highest BCUT2D eigenvalue weighted by atomic mass is 16.2. The number of carbonyl (C=O) groups excluding carboxylic acids is 1. The molecule has 3 rings (SSSR count). The van der Waals surface area contributed by atoms with Crippen molar-refractivity contribution in [3.8, 4) is 0 Å². The second-order valence-electron chi connectivity index (χ2n) is 6.81. The van der Waals surface area contributed by atoms with Crippen molar-refractivity contribution < 1.29 is 4.79 Å². The fourth-order valence-electron chi connectivity index (χ4n) is 3.83. The van der Waals surface area contributed by atoms with Crippen LogP contribution in [-0.2, 0) is 12.8 Å². The van der Waals surface area contributed by atoms with Crippen molar-refractivity contribution in [3.05, 3.63) is 41.1 Å². The van der Waals surface area contributed by atoms with Gasteiger partial charge in [0.2, 0.25) is 0 Å². The van der Waals surface area contributed by atoms with Crippen molar-refractivity contribution in [2.75, 3.05) is 13.1 Å². The van der Waals surface area contributed by atoms with E-state index in [1.54, 1.807) is 0 Å². The van der Waals surface area contributed by atoms with Gasteiger partial charge in [0.25, 0.3) is 5.91 Å². The van der Waals surface area contributed by atoms with Crippen LogP contribution in [0, 0.1) is 5.92 Å². The monoisotopic (exact) mass is 324 g/mol. The summed E-state index contributed by atoms with van der Waals surface area (Å²) in [5.41, 5.74) is 4.21. The van der Waals surface area contributed by atoms with Gasteiger partial charge >= 0.3 is 0 Å². The molecule has 2 aromatic rings. The molecule has 0 aliphatic heterocycles. The van der Waals surface area contributed by atoms with Crippen molar-refractivity contribution in [1.29, 1.82) is 0 Å². The Labute approximate surface area is 145 Å². The Morgan fingerprint density at radius 3 is 2.62 bits per heavy atom. The lowest BCUT2D eigenvalue weighted by Gasteiger charge is -2.27. The number of amides is 1. The third kappa shape index (κ3) is 3.04. The van der Waals surface area contributed by atoms with Crippen LogP contribution >= 0.6 is 0 Å². The van der Waals surface area contributed by atoms with Crippen LogP contribution in [0.5, 0.6) is 0 Å². The number of nitrogens with zero attached hydrogens (tertiary/aromatic N) is 2. The first kappa shape index (κ1) is 16.9. The van der Waals surface area contributed by atoms with Crippen molar-refractivity contribution in [3.63, 3.8) is 0 Å². The number of aryl methyl sites for hydroxylation is 1. The van der Waals surface area contributed by atoms with E-state index in [1.165, 1.54) is 5.56 Å². The molecule has 1 aromatic carbocycles. The Morgan fingerprint density at radius 2 is 1.92 bits per heavy atom.